The van der Waals surface area contributed by atoms with Gasteiger partial charge in [-0.3, -0.25) is 4.79 Å². The van der Waals surface area contributed by atoms with Crippen molar-refractivity contribution in [2.45, 2.75) is 13.5 Å². The number of nitrogens with zero attached hydrogens (tertiary/aromatic N) is 1. The summed E-state index contributed by atoms with van der Waals surface area (Å²) in [6, 6.07) is 7.75. The molecular formula is C11H12N2O. The van der Waals surface area contributed by atoms with Gasteiger partial charge in [-0.05, 0) is 13.0 Å². The van der Waals surface area contributed by atoms with Gasteiger partial charge in [0.15, 0.2) is 6.29 Å². The number of aldehydes is 1. The fourth-order valence-electron chi connectivity index (χ4n) is 1.81. The maximum atomic E-state index is 10.9. The van der Waals surface area contributed by atoms with Crippen LogP contribution in [-0.2, 0) is 6.54 Å². The molecule has 2 rings (SSSR count). The summed E-state index contributed by atoms with van der Waals surface area (Å²) in [5, 5.41) is 0.932. The van der Waals surface area contributed by atoms with Gasteiger partial charge in [0.05, 0.1) is 11.1 Å². The minimum Gasteiger partial charge on any atom is -0.384 e. The van der Waals surface area contributed by atoms with Gasteiger partial charge in [-0.25, -0.2) is 0 Å². The quantitative estimate of drug-likeness (QED) is 0.733. The Balaban J connectivity index is 2.91. The average Bonchev–Trinajstić information content (AvgIpc) is 2.49. The van der Waals surface area contributed by atoms with E-state index in [0.717, 1.165) is 23.7 Å². The van der Waals surface area contributed by atoms with Gasteiger partial charge in [0, 0.05) is 11.9 Å². The number of nitrogens with two attached hydrogens (primary N) is 1. The van der Waals surface area contributed by atoms with Gasteiger partial charge in [0.2, 0.25) is 0 Å². The molecule has 2 aromatic rings. The van der Waals surface area contributed by atoms with Gasteiger partial charge in [-0.2, -0.15) is 0 Å². The van der Waals surface area contributed by atoms with Gasteiger partial charge in [-0.1, -0.05) is 18.2 Å². The number of anilines is 1. The number of nitrogen functional groups attached to an aromatic ring is 1. The number of benzene rings is 1. The van der Waals surface area contributed by atoms with Crippen molar-refractivity contribution in [2.24, 2.45) is 0 Å². The molecule has 0 amide bonds. The lowest BCUT2D eigenvalue weighted by Gasteiger charge is -2.02. The maximum Gasteiger partial charge on any atom is 0.154 e. The zero-order chi connectivity index (χ0) is 10.1. The van der Waals surface area contributed by atoms with E-state index in [0.29, 0.717) is 11.4 Å². The Kier molecular flexibility index (Phi) is 2.00. The molecule has 1 heterocycles. The number of aryl methyl sites for hydroxylation is 1. The van der Waals surface area contributed by atoms with E-state index in [1.165, 1.54) is 0 Å². The summed E-state index contributed by atoms with van der Waals surface area (Å²) >= 11 is 0. The smallest absolute Gasteiger partial charge is 0.154 e. The first-order valence-corrected chi connectivity index (χ1v) is 4.61. The van der Waals surface area contributed by atoms with E-state index in [9.17, 15) is 4.79 Å². The Hall–Kier alpha value is -1.77. The molecule has 3 nitrogen and oxygen atoms in total. The molecule has 1 aromatic carbocycles. The molecule has 0 saturated heterocycles. The SMILES string of the molecule is CCn1c(N)c(C=O)c2ccccc21. The molecule has 0 aliphatic heterocycles. The Morgan fingerprint density at radius 3 is 2.79 bits per heavy atom. The van der Waals surface area contributed by atoms with Gasteiger partial charge in [0.1, 0.15) is 5.82 Å². The highest BCUT2D eigenvalue weighted by atomic mass is 16.1. The molecule has 0 spiro atoms. The largest absolute Gasteiger partial charge is 0.384 e. The Morgan fingerprint density at radius 2 is 2.14 bits per heavy atom. The topological polar surface area (TPSA) is 48.0 Å². The highest BCUT2D eigenvalue weighted by Crippen LogP contribution is 2.26. The summed E-state index contributed by atoms with van der Waals surface area (Å²) in [6.45, 7) is 2.79. The normalized spacial score (nSPS) is 10.6. The Bertz CT molecular complexity index is 485. The molecule has 0 bridgehead atoms. The molecule has 0 radical (unpaired) electrons. The molecule has 0 aliphatic rings. The lowest BCUT2D eigenvalue weighted by Crippen LogP contribution is -2.01. The van der Waals surface area contributed by atoms with E-state index in [2.05, 4.69) is 0 Å². The second kappa shape index (κ2) is 3.18. The minimum atomic E-state index is 0.559. The first-order valence-electron chi connectivity index (χ1n) is 4.61. The summed E-state index contributed by atoms with van der Waals surface area (Å²) < 4.78 is 1.94. The number of rotatable bonds is 2. The molecule has 2 N–H and O–H groups in total. The van der Waals surface area contributed by atoms with Gasteiger partial charge in [-0.15, -0.1) is 0 Å². The van der Waals surface area contributed by atoms with Crippen molar-refractivity contribution < 1.29 is 4.79 Å². The Labute approximate surface area is 82.1 Å². The predicted molar refractivity (Wildman–Crippen MR) is 57.4 cm³/mol. The second-order valence-corrected chi connectivity index (χ2v) is 3.18. The van der Waals surface area contributed by atoms with Crippen LogP contribution in [0.1, 0.15) is 17.3 Å². The van der Waals surface area contributed by atoms with Crippen molar-refractivity contribution in [3.63, 3.8) is 0 Å². The van der Waals surface area contributed by atoms with Gasteiger partial charge >= 0.3 is 0 Å². The average molecular weight is 188 g/mol. The van der Waals surface area contributed by atoms with E-state index in [1.54, 1.807) is 0 Å². The zero-order valence-electron chi connectivity index (χ0n) is 8.03. The number of hydrogen-bond acceptors (Lipinski definition) is 2. The summed E-state index contributed by atoms with van der Waals surface area (Å²) in [5.41, 5.74) is 7.49. The van der Waals surface area contributed by atoms with Gasteiger partial charge < -0.3 is 10.3 Å². The highest BCUT2D eigenvalue weighted by molar-refractivity contribution is 6.03. The van der Waals surface area contributed by atoms with Crippen LogP contribution in [0.15, 0.2) is 24.3 Å². The molecule has 0 atom stereocenters. The number of carbonyl (C=O) groups is 1. The van der Waals surface area contributed by atoms with Gasteiger partial charge in [0.25, 0.3) is 0 Å². The van der Waals surface area contributed by atoms with Crippen LogP contribution in [0.5, 0.6) is 0 Å². The highest BCUT2D eigenvalue weighted by Gasteiger charge is 2.11. The molecule has 3 heteroatoms. The first kappa shape index (κ1) is 8.81. The number of hydrogen-bond donors (Lipinski definition) is 1. The maximum absolute atomic E-state index is 10.9. The number of fused-ring (bicyclic) bond motifs is 1. The van der Waals surface area contributed by atoms with E-state index in [-0.39, 0.29) is 0 Å². The van der Waals surface area contributed by atoms with Crippen molar-refractivity contribution in [3.8, 4) is 0 Å². The lowest BCUT2D eigenvalue weighted by molar-refractivity contribution is 0.112. The van der Waals surface area contributed by atoms with Crippen LogP contribution in [0.25, 0.3) is 10.9 Å². The second-order valence-electron chi connectivity index (χ2n) is 3.18. The van der Waals surface area contributed by atoms with Crippen LogP contribution < -0.4 is 5.73 Å². The van der Waals surface area contributed by atoms with Crippen LogP contribution >= 0.6 is 0 Å². The van der Waals surface area contributed by atoms with Crippen LogP contribution in [0, 0.1) is 0 Å². The van der Waals surface area contributed by atoms with Crippen LogP contribution in [0.3, 0.4) is 0 Å². The third-order valence-corrected chi connectivity index (χ3v) is 2.49. The number of aromatic nitrogens is 1. The minimum absolute atomic E-state index is 0.559. The summed E-state index contributed by atoms with van der Waals surface area (Å²) in [5.74, 6) is 0.559. The summed E-state index contributed by atoms with van der Waals surface area (Å²) in [7, 11) is 0. The van der Waals surface area contributed by atoms with E-state index in [1.807, 2.05) is 35.8 Å². The molecule has 72 valence electrons. The molecule has 0 fully saturated rings. The third kappa shape index (κ3) is 1.02. The summed E-state index contributed by atoms with van der Waals surface area (Å²) in [6.07, 6.45) is 0.823. The zero-order valence-corrected chi connectivity index (χ0v) is 8.03. The van der Waals surface area contributed by atoms with Crippen molar-refractivity contribution >= 4 is 23.0 Å². The van der Waals surface area contributed by atoms with E-state index >= 15 is 0 Å². The first-order chi connectivity index (χ1) is 6.79. The molecule has 1 aromatic heterocycles. The van der Waals surface area contributed by atoms with E-state index in [4.69, 9.17) is 5.73 Å². The van der Waals surface area contributed by atoms with Crippen LogP contribution in [0.2, 0.25) is 0 Å². The molecule has 0 saturated carbocycles. The summed E-state index contributed by atoms with van der Waals surface area (Å²) in [4.78, 5) is 10.9. The van der Waals surface area contributed by atoms with Crippen LogP contribution in [-0.4, -0.2) is 10.9 Å². The predicted octanol–water partition coefficient (Wildman–Crippen LogP) is 2.06. The van der Waals surface area contributed by atoms with Crippen molar-refractivity contribution in [1.29, 1.82) is 0 Å². The van der Waals surface area contributed by atoms with Crippen molar-refractivity contribution in [2.75, 3.05) is 5.73 Å². The van der Waals surface area contributed by atoms with Crippen molar-refractivity contribution in [3.05, 3.63) is 29.8 Å². The standard InChI is InChI=1S/C11H12N2O/c1-2-13-10-6-4-3-5-8(10)9(7-14)11(13)12/h3-7H,2,12H2,1H3. The van der Waals surface area contributed by atoms with Crippen molar-refractivity contribution in [1.82, 2.24) is 4.57 Å². The Morgan fingerprint density at radius 1 is 1.43 bits per heavy atom. The molecule has 14 heavy (non-hydrogen) atoms. The molecule has 0 unspecified atom stereocenters. The fraction of sp³-hybridized carbons (Fsp3) is 0.182. The number of para-hydroxylation sites is 1. The van der Waals surface area contributed by atoms with Crippen LogP contribution in [0.4, 0.5) is 5.82 Å². The number of carbonyl (C=O) groups excluding carboxylic acids is 1. The molecular weight excluding hydrogens is 176 g/mol. The molecule has 0 aliphatic carbocycles. The van der Waals surface area contributed by atoms with E-state index < -0.39 is 0 Å². The monoisotopic (exact) mass is 188 g/mol. The third-order valence-electron chi connectivity index (χ3n) is 2.49. The fourth-order valence-corrected chi connectivity index (χ4v) is 1.81. The lowest BCUT2D eigenvalue weighted by atomic mass is 10.2.